The zero-order valence-corrected chi connectivity index (χ0v) is 16.0. The number of pyridine rings is 1. The third kappa shape index (κ3) is 4.06. The molecule has 1 aromatic heterocycles. The summed E-state index contributed by atoms with van der Waals surface area (Å²) in [5.74, 6) is 0. The average molecular weight is 388 g/mol. The Kier molecular flexibility index (Phi) is 5.78. The molecule has 0 aliphatic carbocycles. The maximum atomic E-state index is 13.4. The molecule has 1 fully saturated rings. The van der Waals surface area contributed by atoms with Crippen molar-refractivity contribution in [3.63, 3.8) is 0 Å². The van der Waals surface area contributed by atoms with E-state index in [-0.39, 0.29) is 11.6 Å². The minimum atomic E-state index is -4.55. The molecule has 0 spiro atoms. The van der Waals surface area contributed by atoms with Crippen LogP contribution in [-0.4, -0.2) is 30.7 Å². The topological polar surface area (TPSA) is 43.2 Å². The fraction of sp³-hybridized carbons (Fsp3) is 0.429. The van der Waals surface area contributed by atoms with Crippen molar-refractivity contribution in [2.45, 2.75) is 38.9 Å². The van der Waals surface area contributed by atoms with Gasteiger partial charge in [0.05, 0.1) is 29.1 Å². The third-order valence-corrected chi connectivity index (χ3v) is 5.29. The molecule has 1 unspecified atom stereocenters. The minimum absolute atomic E-state index is 0.0902. The van der Waals surface area contributed by atoms with E-state index < -0.39 is 11.7 Å². The highest BCUT2D eigenvalue weighted by molar-refractivity contribution is 5.57. The summed E-state index contributed by atoms with van der Waals surface area (Å²) in [4.78, 5) is 8.48. The fourth-order valence-electron chi connectivity index (χ4n) is 3.91. The highest BCUT2D eigenvalue weighted by Crippen LogP contribution is 2.35. The Morgan fingerprint density at radius 2 is 2.11 bits per heavy atom. The SMILES string of the molecule is CCN(c1ccc(C#N)c(C(F)(F)F)c1)C1CCCN(c2cnccc2C)C1. The molecule has 28 heavy (non-hydrogen) atoms. The fourth-order valence-corrected chi connectivity index (χ4v) is 3.91. The minimum Gasteiger partial charge on any atom is -0.368 e. The lowest BCUT2D eigenvalue weighted by Crippen LogP contribution is -2.48. The molecular formula is C21H23F3N4. The molecule has 3 rings (SSSR count). The molecular weight excluding hydrogens is 365 g/mol. The van der Waals surface area contributed by atoms with E-state index in [1.54, 1.807) is 18.3 Å². The zero-order valence-electron chi connectivity index (χ0n) is 16.0. The maximum Gasteiger partial charge on any atom is 0.417 e. The summed E-state index contributed by atoms with van der Waals surface area (Å²) < 4.78 is 40.1. The quantitative estimate of drug-likeness (QED) is 0.756. The van der Waals surface area contributed by atoms with Gasteiger partial charge in [-0.3, -0.25) is 4.98 Å². The summed E-state index contributed by atoms with van der Waals surface area (Å²) in [5.41, 5.74) is 1.49. The Labute approximate surface area is 163 Å². The van der Waals surface area contributed by atoms with E-state index in [1.165, 1.54) is 6.07 Å². The number of aryl methyl sites for hydroxylation is 1. The molecule has 1 aliphatic heterocycles. The van der Waals surface area contributed by atoms with Gasteiger partial charge in [-0.1, -0.05) is 0 Å². The van der Waals surface area contributed by atoms with E-state index in [0.29, 0.717) is 12.2 Å². The number of rotatable bonds is 4. The summed E-state index contributed by atoms with van der Waals surface area (Å²) in [7, 11) is 0. The van der Waals surface area contributed by atoms with Gasteiger partial charge in [0.1, 0.15) is 0 Å². The number of halogens is 3. The summed E-state index contributed by atoms with van der Waals surface area (Å²) in [6, 6.07) is 7.70. The number of nitrogens with zero attached hydrogens (tertiary/aromatic N) is 4. The van der Waals surface area contributed by atoms with Crippen LogP contribution in [0.3, 0.4) is 0 Å². The number of nitriles is 1. The Bertz CT molecular complexity index is 873. The number of hydrogen-bond acceptors (Lipinski definition) is 4. The van der Waals surface area contributed by atoms with Gasteiger partial charge in [0.25, 0.3) is 0 Å². The first-order valence-electron chi connectivity index (χ1n) is 9.38. The Morgan fingerprint density at radius 1 is 1.32 bits per heavy atom. The molecule has 7 heteroatoms. The van der Waals surface area contributed by atoms with Gasteiger partial charge < -0.3 is 9.80 Å². The second kappa shape index (κ2) is 8.09. The summed E-state index contributed by atoms with van der Waals surface area (Å²) in [6.45, 7) is 6.20. The molecule has 1 saturated heterocycles. The van der Waals surface area contributed by atoms with Crippen LogP contribution in [0.4, 0.5) is 24.5 Å². The van der Waals surface area contributed by atoms with Crippen molar-refractivity contribution in [3.05, 3.63) is 53.3 Å². The largest absolute Gasteiger partial charge is 0.417 e. The van der Waals surface area contributed by atoms with Crippen LogP contribution >= 0.6 is 0 Å². The highest BCUT2D eigenvalue weighted by atomic mass is 19.4. The van der Waals surface area contributed by atoms with Crippen LogP contribution in [0.2, 0.25) is 0 Å². The monoisotopic (exact) mass is 388 g/mol. The van der Waals surface area contributed by atoms with Crippen LogP contribution in [-0.2, 0) is 6.18 Å². The van der Waals surface area contributed by atoms with Crippen molar-refractivity contribution >= 4 is 11.4 Å². The average Bonchev–Trinajstić information content (AvgIpc) is 2.68. The Hall–Kier alpha value is -2.75. The number of piperidine rings is 1. The first-order valence-corrected chi connectivity index (χ1v) is 9.38. The normalized spacial score (nSPS) is 17.3. The van der Waals surface area contributed by atoms with Crippen molar-refractivity contribution in [3.8, 4) is 6.07 Å². The molecule has 1 aliphatic rings. The molecule has 0 saturated carbocycles. The summed E-state index contributed by atoms with van der Waals surface area (Å²) in [6.07, 6.45) is 0.917. The Balaban J connectivity index is 1.89. The van der Waals surface area contributed by atoms with Gasteiger partial charge in [-0.2, -0.15) is 18.4 Å². The second-order valence-corrected chi connectivity index (χ2v) is 7.03. The number of benzene rings is 1. The van der Waals surface area contributed by atoms with Gasteiger partial charge in [0.15, 0.2) is 0 Å². The Morgan fingerprint density at radius 3 is 2.75 bits per heavy atom. The lowest BCUT2D eigenvalue weighted by atomic mass is 10.0. The van der Waals surface area contributed by atoms with E-state index in [2.05, 4.69) is 9.88 Å². The van der Waals surface area contributed by atoms with Crippen LogP contribution in [0.5, 0.6) is 0 Å². The van der Waals surface area contributed by atoms with E-state index in [1.807, 2.05) is 31.0 Å². The van der Waals surface area contributed by atoms with Gasteiger partial charge >= 0.3 is 6.18 Å². The molecule has 0 radical (unpaired) electrons. The van der Waals surface area contributed by atoms with Gasteiger partial charge in [-0.05, 0) is 56.5 Å². The van der Waals surface area contributed by atoms with Gasteiger partial charge in [-0.15, -0.1) is 0 Å². The van der Waals surface area contributed by atoms with Crippen molar-refractivity contribution in [1.82, 2.24) is 4.98 Å². The van der Waals surface area contributed by atoms with Crippen LogP contribution in [0.25, 0.3) is 0 Å². The van der Waals surface area contributed by atoms with Crippen LogP contribution < -0.4 is 9.80 Å². The zero-order chi connectivity index (χ0) is 20.3. The number of likely N-dealkylation sites (N-methyl/N-ethyl adjacent to an activating group) is 1. The summed E-state index contributed by atoms with van der Waals surface area (Å²) >= 11 is 0. The van der Waals surface area contributed by atoms with Crippen molar-refractivity contribution in [2.24, 2.45) is 0 Å². The standard InChI is InChI=1S/C21H23F3N4/c1-3-28(17-7-6-16(12-25)19(11-17)21(22,23)24)18-5-4-10-27(14-18)20-13-26-9-8-15(20)2/h6-9,11,13,18H,3-5,10,14H2,1-2H3. The molecule has 2 aromatic rings. The molecule has 2 heterocycles. The highest BCUT2D eigenvalue weighted by Gasteiger charge is 2.35. The molecule has 0 bridgehead atoms. The van der Waals surface area contributed by atoms with Crippen LogP contribution in [0, 0.1) is 18.3 Å². The van der Waals surface area contributed by atoms with Crippen LogP contribution in [0.1, 0.15) is 36.5 Å². The molecule has 0 N–H and O–H groups in total. The van der Waals surface area contributed by atoms with E-state index in [0.717, 1.165) is 43.2 Å². The van der Waals surface area contributed by atoms with Crippen molar-refractivity contribution in [2.75, 3.05) is 29.4 Å². The molecule has 1 atom stereocenters. The van der Waals surface area contributed by atoms with Crippen molar-refractivity contribution < 1.29 is 13.2 Å². The maximum absolute atomic E-state index is 13.4. The van der Waals surface area contributed by atoms with Gasteiger partial charge in [-0.25, -0.2) is 0 Å². The molecule has 148 valence electrons. The lowest BCUT2D eigenvalue weighted by Gasteiger charge is -2.41. The molecule has 4 nitrogen and oxygen atoms in total. The lowest BCUT2D eigenvalue weighted by molar-refractivity contribution is -0.137. The predicted molar refractivity (Wildman–Crippen MR) is 103 cm³/mol. The smallest absolute Gasteiger partial charge is 0.368 e. The van der Waals surface area contributed by atoms with Crippen LogP contribution in [0.15, 0.2) is 36.7 Å². The van der Waals surface area contributed by atoms with Gasteiger partial charge in [0.2, 0.25) is 0 Å². The first kappa shape index (κ1) is 20.0. The second-order valence-electron chi connectivity index (χ2n) is 7.03. The molecule has 0 amide bonds. The van der Waals surface area contributed by atoms with E-state index in [4.69, 9.17) is 5.26 Å². The number of anilines is 2. The van der Waals surface area contributed by atoms with E-state index >= 15 is 0 Å². The third-order valence-electron chi connectivity index (χ3n) is 5.29. The van der Waals surface area contributed by atoms with Crippen molar-refractivity contribution in [1.29, 1.82) is 5.26 Å². The number of hydrogen-bond donors (Lipinski definition) is 0. The predicted octanol–water partition coefficient (Wildman–Crippen LogP) is 4.78. The molecule has 1 aromatic carbocycles. The van der Waals surface area contributed by atoms with E-state index in [9.17, 15) is 13.2 Å². The first-order chi connectivity index (χ1) is 13.3. The number of aromatic nitrogens is 1. The number of alkyl halides is 3. The van der Waals surface area contributed by atoms with Gasteiger partial charge in [0, 0.05) is 37.6 Å². The summed E-state index contributed by atoms with van der Waals surface area (Å²) in [5, 5.41) is 9.03.